The maximum Gasteiger partial charge on any atom is 0.513 e. The zero-order chi connectivity index (χ0) is 12.3. The molecule has 90 valence electrons. The number of ether oxygens (including phenoxy) is 2. The lowest BCUT2D eigenvalue weighted by Gasteiger charge is -2.09. The van der Waals surface area contributed by atoms with Crippen LogP contribution >= 0.6 is 0 Å². The van der Waals surface area contributed by atoms with E-state index in [1.165, 1.54) is 6.92 Å². The molecule has 0 amide bonds. The summed E-state index contributed by atoms with van der Waals surface area (Å²) in [7, 11) is 1.10. The number of rotatable bonds is 2. The highest BCUT2D eigenvalue weighted by Crippen LogP contribution is 2.35. The summed E-state index contributed by atoms with van der Waals surface area (Å²) in [5.74, 6) is -0.673. The van der Waals surface area contributed by atoms with Crippen molar-refractivity contribution in [3.8, 4) is 5.75 Å². The normalized spacial score (nSPS) is 11.3. The number of halogens is 3. The standard InChI is InChI=1S/C8H9F3N2O3/c1-3-15-7(14)16-5-4-12-13(2)6(5)8(9,10)11/h4H,3H2,1-2H3. The maximum absolute atomic E-state index is 12.5. The van der Waals surface area contributed by atoms with Crippen LogP contribution in [-0.2, 0) is 18.0 Å². The molecule has 0 atom stereocenters. The van der Waals surface area contributed by atoms with E-state index in [1.807, 2.05) is 0 Å². The van der Waals surface area contributed by atoms with Gasteiger partial charge in [0.1, 0.15) is 0 Å². The summed E-state index contributed by atoms with van der Waals surface area (Å²) in [6.45, 7) is 1.52. The summed E-state index contributed by atoms with van der Waals surface area (Å²) in [5, 5.41) is 3.36. The van der Waals surface area contributed by atoms with Gasteiger partial charge >= 0.3 is 12.3 Å². The third kappa shape index (κ3) is 2.65. The Morgan fingerprint density at radius 1 is 1.56 bits per heavy atom. The molecule has 0 saturated heterocycles. The summed E-state index contributed by atoms with van der Waals surface area (Å²) in [4.78, 5) is 10.9. The van der Waals surface area contributed by atoms with Crippen LogP contribution in [0.1, 0.15) is 12.6 Å². The van der Waals surface area contributed by atoms with Crippen LogP contribution in [0.2, 0.25) is 0 Å². The third-order valence-corrected chi connectivity index (χ3v) is 1.63. The second kappa shape index (κ2) is 4.42. The first-order chi connectivity index (χ1) is 7.36. The Kier molecular flexibility index (Phi) is 3.41. The van der Waals surface area contributed by atoms with E-state index in [-0.39, 0.29) is 6.61 Å². The van der Waals surface area contributed by atoms with Crippen molar-refractivity contribution in [3.05, 3.63) is 11.9 Å². The fourth-order valence-electron chi connectivity index (χ4n) is 1.05. The molecule has 0 aromatic carbocycles. The van der Waals surface area contributed by atoms with Crippen molar-refractivity contribution >= 4 is 6.16 Å². The number of aromatic nitrogens is 2. The van der Waals surface area contributed by atoms with Gasteiger partial charge in [-0.1, -0.05) is 0 Å². The van der Waals surface area contributed by atoms with Gasteiger partial charge in [0.25, 0.3) is 0 Å². The molecule has 1 rings (SSSR count). The van der Waals surface area contributed by atoms with E-state index in [0.717, 1.165) is 13.2 Å². The minimum absolute atomic E-state index is 0.0143. The molecule has 1 aromatic rings. The number of hydrogen-bond acceptors (Lipinski definition) is 4. The number of nitrogens with zero attached hydrogens (tertiary/aromatic N) is 2. The van der Waals surface area contributed by atoms with Crippen molar-refractivity contribution < 1.29 is 27.4 Å². The molecule has 5 nitrogen and oxygen atoms in total. The van der Waals surface area contributed by atoms with Crippen molar-refractivity contribution in [1.82, 2.24) is 9.78 Å². The monoisotopic (exact) mass is 238 g/mol. The molecule has 0 N–H and O–H groups in total. The summed E-state index contributed by atoms with van der Waals surface area (Å²) >= 11 is 0. The first-order valence-electron chi connectivity index (χ1n) is 4.30. The van der Waals surface area contributed by atoms with Gasteiger partial charge in [-0.05, 0) is 6.92 Å². The van der Waals surface area contributed by atoms with Crippen LogP contribution in [0.5, 0.6) is 5.75 Å². The zero-order valence-electron chi connectivity index (χ0n) is 8.54. The van der Waals surface area contributed by atoms with Crippen molar-refractivity contribution in [2.24, 2.45) is 7.05 Å². The average Bonchev–Trinajstić information content (AvgIpc) is 2.46. The smallest absolute Gasteiger partial charge is 0.434 e. The SMILES string of the molecule is CCOC(=O)Oc1cnn(C)c1C(F)(F)F. The minimum Gasteiger partial charge on any atom is -0.434 e. The molecule has 0 fully saturated rings. The molecule has 0 aliphatic heterocycles. The van der Waals surface area contributed by atoms with Gasteiger partial charge in [0.15, 0.2) is 11.4 Å². The topological polar surface area (TPSA) is 53.4 Å². The van der Waals surface area contributed by atoms with Gasteiger partial charge in [-0.25, -0.2) is 4.79 Å². The molecule has 0 bridgehead atoms. The van der Waals surface area contributed by atoms with Gasteiger partial charge in [0, 0.05) is 7.05 Å². The molecule has 0 aliphatic carbocycles. The molecule has 0 saturated carbocycles. The number of carbonyl (C=O) groups is 1. The molecule has 1 heterocycles. The summed E-state index contributed by atoms with van der Waals surface area (Å²) < 4.78 is 46.8. The van der Waals surface area contributed by atoms with Crippen molar-refractivity contribution in [2.45, 2.75) is 13.1 Å². The molecule has 0 radical (unpaired) electrons. The second-order valence-corrected chi connectivity index (χ2v) is 2.76. The molecular formula is C8H9F3N2O3. The van der Waals surface area contributed by atoms with Gasteiger partial charge in [-0.2, -0.15) is 18.3 Å². The Bertz CT molecular complexity index is 386. The van der Waals surface area contributed by atoms with Gasteiger partial charge in [0.2, 0.25) is 0 Å². The number of hydrogen-bond donors (Lipinski definition) is 0. The Hall–Kier alpha value is -1.73. The fraction of sp³-hybridized carbons (Fsp3) is 0.500. The van der Waals surface area contributed by atoms with Crippen LogP contribution in [0.3, 0.4) is 0 Å². The zero-order valence-corrected chi connectivity index (χ0v) is 8.54. The lowest BCUT2D eigenvalue weighted by molar-refractivity contribution is -0.144. The Morgan fingerprint density at radius 3 is 2.69 bits per heavy atom. The van der Waals surface area contributed by atoms with Gasteiger partial charge in [-0.3, -0.25) is 4.68 Å². The van der Waals surface area contributed by atoms with E-state index >= 15 is 0 Å². The van der Waals surface area contributed by atoms with Crippen LogP contribution in [0, 0.1) is 0 Å². The maximum atomic E-state index is 12.5. The molecule has 0 aliphatic rings. The summed E-state index contributed by atoms with van der Waals surface area (Å²) in [6.07, 6.45) is -5.03. The average molecular weight is 238 g/mol. The number of carbonyl (C=O) groups excluding carboxylic acids is 1. The Labute approximate surface area is 88.7 Å². The van der Waals surface area contributed by atoms with E-state index in [1.54, 1.807) is 0 Å². The first kappa shape index (κ1) is 12.3. The minimum atomic E-state index is -4.65. The fourth-order valence-corrected chi connectivity index (χ4v) is 1.05. The predicted molar refractivity (Wildman–Crippen MR) is 45.9 cm³/mol. The van der Waals surface area contributed by atoms with E-state index in [9.17, 15) is 18.0 Å². The molecule has 16 heavy (non-hydrogen) atoms. The van der Waals surface area contributed by atoms with Crippen LogP contribution in [0.25, 0.3) is 0 Å². The van der Waals surface area contributed by atoms with E-state index in [4.69, 9.17) is 0 Å². The van der Waals surface area contributed by atoms with Crippen molar-refractivity contribution in [1.29, 1.82) is 0 Å². The highest BCUT2D eigenvalue weighted by atomic mass is 19.4. The van der Waals surface area contributed by atoms with Crippen LogP contribution in [-0.4, -0.2) is 22.5 Å². The van der Waals surface area contributed by atoms with Crippen LogP contribution in [0.4, 0.5) is 18.0 Å². The largest absolute Gasteiger partial charge is 0.513 e. The highest BCUT2D eigenvalue weighted by Gasteiger charge is 2.39. The molecular weight excluding hydrogens is 229 g/mol. The van der Waals surface area contributed by atoms with Crippen LogP contribution in [0.15, 0.2) is 6.20 Å². The number of alkyl halides is 3. The Morgan fingerprint density at radius 2 is 2.19 bits per heavy atom. The molecule has 8 heteroatoms. The van der Waals surface area contributed by atoms with Crippen LogP contribution < -0.4 is 4.74 Å². The quantitative estimate of drug-likeness (QED) is 0.739. The van der Waals surface area contributed by atoms with Gasteiger partial charge in [-0.15, -0.1) is 0 Å². The third-order valence-electron chi connectivity index (χ3n) is 1.63. The summed E-state index contributed by atoms with van der Waals surface area (Å²) in [6, 6.07) is 0. The van der Waals surface area contributed by atoms with Gasteiger partial charge in [0.05, 0.1) is 12.8 Å². The second-order valence-electron chi connectivity index (χ2n) is 2.76. The first-order valence-corrected chi connectivity index (χ1v) is 4.30. The molecule has 1 aromatic heterocycles. The van der Waals surface area contributed by atoms with E-state index in [0.29, 0.717) is 4.68 Å². The number of aryl methyl sites for hydroxylation is 1. The van der Waals surface area contributed by atoms with E-state index < -0.39 is 23.8 Å². The predicted octanol–water partition coefficient (Wildman–Crippen LogP) is 1.97. The summed E-state index contributed by atoms with van der Waals surface area (Å²) in [5.41, 5.74) is -1.14. The molecule has 0 spiro atoms. The Balaban J connectivity index is 2.94. The molecule has 0 unspecified atom stereocenters. The highest BCUT2D eigenvalue weighted by molar-refractivity contribution is 5.64. The van der Waals surface area contributed by atoms with Crippen molar-refractivity contribution in [2.75, 3.05) is 6.61 Å². The van der Waals surface area contributed by atoms with E-state index in [2.05, 4.69) is 14.6 Å². The lowest BCUT2D eigenvalue weighted by atomic mass is 10.4. The van der Waals surface area contributed by atoms with Gasteiger partial charge < -0.3 is 9.47 Å². The van der Waals surface area contributed by atoms with Crippen molar-refractivity contribution in [3.63, 3.8) is 0 Å². The lowest BCUT2D eigenvalue weighted by Crippen LogP contribution is -2.16.